The molecule has 0 saturated carbocycles. The molecule has 0 fully saturated rings. The highest BCUT2D eigenvalue weighted by Gasteiger charge is 2.04. The fourth-order valence-electron chi connectivity index (χ4n) is 1.06. The van der Waals surface area contributed by atoms with Crippen LogP contribution in [0.1, 0.15) is 23.7 Å². The highest BCUT2D eigenvalue weighted by atomic mass is 16.3. The summed E-state index contributed by atoms with van der Waals surface area (Å²) in [4.78, 5) is 22.4. The monoisotopic (exact) mass is 222 g/mol. The average Bonchev–Trinajstić information content (AvgIpc) is 2.29. The van der Waals surface area contributed by atoms with E-state index in [9.17, 15) is 9.59 Å². The molecule has 2 amide bonds. The van der Waals surface area contributed by atoms with Crippen LogP contribution in [0.3, 0.4) is 0 Å². The molecule has 0 heterocycles. The molecule has 0 aromatic heterocycles. The van der Waals surface area contributed by atoms with Gasteiger partial charge in [-0.3, -0.25) is 9.59 Å². The van der Waals surface area contributed by atoms with Crippen LogP contribution in [0.15, 0.2) is 24.3 Å². The third-order valence-corrected chi connectivity index (χ3v) is 1.99. The van der Waals surface area contributed by atoms with Crippen LogP contribution in [0.2, 0.25) is 0 Å². The molecule has 0 bridgehead atoms. The van der Waals surface area contributed by atoms with E-state index >= 15 is 0 Å². The van der Waals surface area contributed by atoms with Gasteiger partial charge in [-0.1, -0.05) is 6.92 Å². The predicted octanol–water partition coefficient (Wildman–Crippen LogP) is 0.606. The maximum absolute atomic E-state index is 11.5. The number of nitrogens with one attached hydrogen (secondary N) is 2. The first kappa shape index (κ1) is 12.0. The van der Waals surface area contributed by atoms with Crippen molar-refractivity contribution in [2.75, 3.05) is 6.67 Å². The smallest absolute Gasteiger partial charge is 0.252 e. The Bertz CT molecular complexity index is 373. The van der Waals surface area contributed by atoms with Crippen LogP contribution in [0.25, 0.3) is 0 Å². The van der Waals surface area contributed by atoms with Gasteiger partial charge in [0.2, 0.25) is 5.91 Å². The van der Waals surface area contributed by atoms with E-state index in [1.807, 2.05) is 0 Å². The number of phenols is 1. The number of aromatic hydroxyl groups is 1. The summed E-state index contributed by atoms with van der Waals surface area (Å²) in [6, 6.07) is 5.87. The number of hydrogen-bond donors (Lipinski definition) is 3. The fraction of sp³-hybridized carbons (Fsp3) is 0.273. The van der Waals surface area contributed by atoms with Crippen molar-refractivity contribution in [2.24, 2.45) is 0 Å². The lowest BCUT2D eigenvalue weighted by atomic mass is 10.2. The molecule has 86 valence electrons. The van der Waals surface area contributed by atoms with E-state index in [2.05, 4.69) is 10.6 Å². The zero-order valence-electron chi connectivity index (χ0n) is 8.99. The molecule has 0 atom stereocenters. The zero-order valence-corrected chi connectivity index (χ0v) is 8.99. The molecule has 5 nitrogen and oxygen atoms in total. The molecule has 0 aliphatic heterocycles. The van der Waals surface area contributed by atoms with Gasteiger partial charge in [0.15, 0.2) is 0 Å². The van der Waals surface area contributed by atoms with E-state index in [4.69, 9.17) is 5.11 Å². The number of carbonyl (C=O) groups is 2. The second-order valence-corrected chi connectivity index (χ2v) is 3.18. The molecule has 0 aliphatic carbocycles. The van der Waals surface area contributed by atoms with Crippen molar-refractivity contribution in [1.82, 2.24) is 10.6 Å². The van der Waals surface area contributed by atoms with Crippen molar-refractivity contribution in [3.63, 3.8) is 0 Å². The predicted molar refractivity (Wildman–Crippen MR) is 58.9 cm³/mol. The zero-order chi connectivity index (χ0) is 12.0. The molecule has 0 spiro atoms. The van der Waals surface area contributed by atoms with E-state index in [0.29, 0.717) is 12.0 Å². The number of carbonyl (C=O) groups excluding carboxylic acids is 2. The van der Waals surface area contributed by atoms with Gasteiger partial charge >= 0.3 is 0 Å². The first-order valence-electron chi connectivity index (χ1n) is 4.97. The van der Waals surface area contributed by atoms with Crippen LogP contribution >= 0.6 is 0 Å². The summed E-state index contributed by atoms with van der Waals surface area (Å²) in [5.74, 6) is -0.307. The fourth-order valence-corrected chi connectivity index (χ4v) is 1.06. The minimum Gasteiger partial charge on any atom is -0.508 e. The Morgan fingerprint density at radius 3 is 2.38 bits per heavy atom. The lowest BCUT2D eigenvalue weighted by molar-refractivity contribution is -0.120. The molecule has 1 rings (SSSR count). The van der Waals surface area contributed by atoms with Crippen LogP contribution in [0, 0.1) is 0 Å². The maximum atomic E-state index is 11.5. The molecule has 1 aromatic rings. The number of rotatable bonds is 4. The maximum Gasteiger partial charge on any atom is 0.252 e. The van der Waals surface area contributed by atoms with E-state index < -0.39 is 0 Å². The SMILES string of the molecule is CCC(=O)NCNC(=O)c1ccc(O)cc1. The van der Waals surface area contributed by atoms with Crippen molar-refractivity contribution in [3.8, 4) is 5.75 Å². The van der Waals surface area contributed by atoms with E-state index in [-0.39, 0.29) is 24.2 Å². The Labute approximate surface area is 93.5 Å². The van der Waals surface area contributed by atoms with Crippen molar-refractivity contribution >= 4 is 11.8 Å². The van der Waals surface area contributed by atoms with Crippen LogP contribution < -0.4 is 10.6 Å². The minimum atomic E-state index is -0.295. The van der Waals surface area contributed by atoms with Gasteiger partial charge in [-0.25, -0.2) is 0 Å². The Morgan fingerprint density at radius 2 is 1.81 bits per heavy atom. The second-order valence-electron chi connectivity index (χ2n) is 3.18. The summed E-state index contributed by atoms with van der Waals surface area (Å²) in [7, 11) is 0. The van der Waals surface area contributed by atoms with Crippen LogP contribution in [0.5, 0.6) is 5.75 Å². The van der Waals surface area contributed by atoms with E-state index in [1.54, 1.807) is 6.92 Å². The van der Waals surface area contributed by atoms with Crippen molar-refractivity contribution in [1.29, 1.82) is 0 Å². The first-order valence-corrected chi connectivity index (χ1v) is 4.97. The van der Waals surface area contributed by atoms with Crippen LogP contribution in [-0.4, -0.2) is 23.6 Å². The number of benzene rings is 1. The normalized spacial score (nSPS) is 9.56. The highest BCUT2D eigenvalue weighted by Crippen LogP contribution is 2.08. The molecule has 16 heavy (non-hydrogen) atoms. The standard InChI is InChI=1S/C11H14N2O3/c1-2-10(15)12-7-13-11(16)8-3-5-9(14)6-4-8/h3-6,14H,2,7H2,1H3,(H,12,15)(H,13,16). The number of phenolic OH excluding ortho intramolecular Hbond substituents is 1. The summed E-state index contributed by atoms with van der Waals surface area (Å²) in [5.41, 5.74) is 0.434. The Balaban J connectivity index is 2.41. The van der Waals surface area contributed by atoms with Gasteiger partial charge in [-0.15, -0.1) is 0 Å². The van der Waals surface area contributed by atoms with Crippen molar-refractivity contribution in [2.45, 2.75) is 13.3 Å². The van der Waals surface area contributed by atoms with Crippen molar-refractivity contribution in [3.05, 3.63) is 29.8 Å². The molecule has 0 radical (unpaired) electrons. The molecule has 0 aliphatic rings. The second kappa shape index (κ2) is 5.75. The third kappa shape index (κ3) is 3.61. The van der Waals surface area contributed by atoms with Gasteiger partial charge in [-0.2, -0.15) is 0 Å². The molecular weight excluding hydrogens is 208 g/mol. The van der Waals surface area contributed by atoms with Crippen LogP contribution in [-0.2, 0) is 4.79 Å². The van der Waals surface area contributed by atoms with Gasteiger partial charge in [0.1, 0.15) is 5.75 Å². The lowest BCUT2D eigenvalue weighted by Gasteiger charge is -2.06. The number of amides is 2. The van der Waals surface area contributed by atoms with Gasteiger partial charge in [0, 0.05) is 12.0 Å². The summed E-state index contributed by atoms with van der Waals surface area (Å²) >= 11 is 0. The van der Waals surface area contributed by atoms with Gasteiger partial charge in [0.05, 0.1) is 6.67 Å². The van der Waals surface area contributed by atoms with Crippen molar-refractivity contribution < 1.29 is 14.7 Å². The van der Waals surface area contributed by atoms with E-state index in [1.165, 1.54) is 24.3 Å². The van der Waals surface area contributed by atoms with Gasteiger partial charge in [0.25, 0.3) is 5.91 Å². The van der Waals surface area contributed by atoms with Gasteiger partial charge < -0.3 is 15.7 Å². The summed E-state index contributed by atoms with van der Waals surface area (Å²) < 4.78 is 0. The average molecular weight is 222 g/mol. The molecule has 5 heteroatoms. The molecular formula is C11H14N2O3. The summed E-state index contributed by atoms with van der Waals surface area (Å²) in [6.45, 7) is 1.84. The molecule has 0 saturated heterocycles. The third-order valence-electron chi connectivity index (χ3n) is 1.99. The highest BCUT2D eigenvalue weighted by molar-refractivity contribution is 5.94. The quantitative estimate of drug-likeness (QED) is 0.653. The molecule has 3 N–H and O–H groups in total. The Hall–Kier alpha value is -2.04. The van der Waals surface area contributed by atoms with E-state index in [0.717, 1.165) is 0 Å². The largest absolute Gasteiger partial charge is 0.508 e. The first-order chi connectivity index (χ1) is 7.63. The topological polar surface area (TPSA) is 78.4 Å². The molecule has 1 aromatic carbocycles. The van der Waals surface area contributed by atoms with Gasteiger partial charge in [-0.05, 0) is 24.3 Å². The molecule has 0 unspecified atom stereocenters. The number of hydrogen-bond acceptors (Lipinski definition) is 3. The lowest BCUT2D eigenvalue weighted by Crippen LogP contribution is -2.36. The Morgan fingerprint density at radius 1 is 1.19 bits per heavy atom. The summed E-state index contributed by atoms with van der Waals surface area (Å²) in [6.07, 6.45) is 0.384. The minimum absolute atomic E-state index is 0.104. The van der Waals surface area contributed by atoms with Crippen LogP contribution in [0.4, 0.5) is 0 Å². The summed E-state index contributed by atoms with van der Waals surface area (Å²) in [5, 5.41) is 14.1. The Kier molecular flexibility index (Phi) is 4.32.